The molecule has 0 saturated heterocycles. The van der Waals surface area contributed by atoms with Crippen molar-refractivity contribution in [1.82, 2.24) is 0 Å². The van der Waals surface area contributed by atoms with Crippen LogP contribution in [0.3, 0.4) is 0 Å². The van der Waals surface area contributed by atoms with E-state index in [0.29, 0.717) is 17.9 Å². The molecule has 0 bridgehead atoms. The van der Waals surface area contributed by atoms with Gasteiger partial charge in [-0.15, -0.1) is 0 Å². The number of ether oxygens (including phenoxy) is 1. The van der Waals surface area contributed by atoms with E-state index in [9.17, 15) is 0 Å². The highest BCUT2D eigenvalue weighted by atomic mass is 16.5. The second kappa shape index (κ2) is 8.39. The predicted molar refractivity (Wildman–Crippen MR) is 124 cm³/mol. The van der Waals surface area contributed by atoms with Crippen LogP contribution in [0, 0.1) is 12.8 Å². The summed E-state index contributed by atoms with van der Waals surface area (Å²) in [5.74, 6) is 2.00. The van der Waals surface area contributed by atoms with Crippen LogP contribution in [0.2, 0.25) is 0 Å². The van der Waals surface area contributed by atoms with Gasteiger partial charge < -0.3 is 10.1 Å². The van der Waals surface area contributed by atoms with E-state index in [1.54, 1.807) is 0 Å². The van der Waals surface area contributed by atoms with Crippen LogP contribution in [-0.4, -0.2) is 6.61 Å². The van der Waals surface area contributed by atoms with E-state index in [-0.39, 0.29) is 0 Å². The maximum atomic E-state index is 6.12. The summed E-state index contributed by atoms with van der Waals surface area (Å²) < 4.78 is 6.12. The van der Waals surface area contributed by atoms with E-state index < -0.39 is 0 Å². The van der Waals surface area contributed by atoms with E-state index in [1.807, 2.05) is 0 Å². The molecule has 3 aromatic carbocycles. The molecule has 0 amide bonds. The van der Waals surface area contributed by atoms with Gasteiger partial charge in [0.25, 0.3) is 0 Å². The molecule has 2 aliphatic rings. The Morgan fingerprint density at radius 2 is 1.87 bits per heavy atom. The van der Waals surface area contributed by atoms with Gasteiger partial charge in [0.1, 0.15) is 5.75 Å². The second-order valence-corrected chi connectivity index (χ2v) is 8.58. The van der Waals surface area contributed by atoms with E-state index in [2.05, 4.69) is 97.2 Å². The molecule has 1 heterocycles. The Hall–Kier alpha value is -3.00. The van der Waals surface area contributed by atoms with Gasteiger partial charge in [0.2, 0.25) is 0 Å². The number of nitrogens with one attached hydrogen (secondary N) is 1. The highest BCUT2D eigenvalue weighted by Crippen LogP contribution is 2.50. The maximum Gasteiger partial charge on any atom is 0.119 e. The molecule has 2 nitrogen and oxygen atoms in total. The first kappa shape index (κ1) is 19.0. The van der Waals surface area contributed by atoms with Gasteiger partial charge in [-0.3, -0.25) is 0 Å². The molecule has 30 heavy (non-hydrogen) atoms. The summed E-state index contributed by atoms with van der Waals surface area (Å²) in [5.41, 5.74) is 6.70. The van der Waals surface area contributed by atoms with Gasteiger partial charge >= 0.3 is 0 Å². The zero-order valence-electron chi connectivity index (χ0n) is 17.6. The van der Waals surface area contributed by atoms with E-state index in [4.69, 9.17) is 4.74 Å². The fourth-order valence-corrected chi connectivity index (χ4v) is 4.97. The third kappa shape index (κ3) is 3.87. The first-order chi connectivity index (χ1) is 14.8. The van der Waals surface area contributed by atoms with Crippen molar-refractivity contribution in [2.24, 2.45) is 5.92 Å². The number of aryl methyl sites for hydroxylation is 2. The van der Waals surface area contributed by atoms with Crippen molar-refractivity contribution >= 4 is 5.69 Å². The average molecular weight is 396 g/mol. The highest BCUT2D eigenvalue weighted by Gasteiger charge is 2.38. The minimum Gasteiger partial charge on any atom is -0.494 e. The van der Waals surface area contributed by atoms with Gasteiger partial charge in [-0.25, -0.2) is 0 Å². The van der Waals surface area contributed by atoms with Crippen LogP contribution in [0.25, 0.3) is 0 Å². The Labute approximate surface area is 179 Å². The molecule has 0 spiro atoms. The molecule has 152 valence electrons. The summed E-state index contributed by atoms with van der Waals surface area (Å²) in [4.78, 5) is 0. The van der Waals surface area contributed by atoms with Gasteiger partial charge in [-0.05, 0) is 67.0 Å². The monoisotopic (exact) mass is 395 g/mol. The molecular weight excluding hydrogens is 366 g/mol. The summed E-state index contributed by atoms with van der Waals surface area (Å²) in [7, 11) is 0. The van der Waals surface area contributed by atoms with Crippen LogP contribution in [0.15, 0.2) is 84.9 Å². The fourth-order valence-electron chi connectivity index (χ4n) is 4.97. The van der Waals surface area contributed by atoms with Gasteiger partial charge in [0, 0.05) is 11.6 Å². The summed E-state index contributed by atoms with van der Waals surface area (Å²) in [5, 5.41) is 3.83. The summed E-state index contributed by atoms with van der Waals surface area (Å²) in [6, 6.07) is 26.5. The number of benzene rings is 3. The van der Waals surface area contributed by atoms with Crippen molar-refractivity contribution in [2.75, 3.05) is 11.9 Å². The van der Waals surface area contributed by atoms with Crippen molar-refractivity contribution in [1.29, 1.82) is 0 Å². The zero-order valence-corrected chi connectivity index (χ0v) is 17.6. The standard InChI is InChI=1S/C28H29NO/c1-20-8-5-12-22(18-20)28-25-14-6-13-24(25)26-19-23(15-16-27(26)29-28)30-17-7-11-21-9-3-2-4-10-21/h2-6,8-10,12-13,15-16,18-19,24-25,28-29H,7,11,14,17H2,1H3. The van der Waals surface area contributed by atoms with Crippen LogP contribution in [0.1, 0.15) is 47.1 Å². The second-order valence-electron chi connectivity index (χ2n) is 8.58. The zero-order chi connectivity index (χ0) is 20.3. The van der Waals surface area contributed by atoms with Crippen LogP contribution < -0.4 is 10.1 Å². The molecule has 0 radical (unpaired) electrons. The number of rotatable bonds is 6. The van der Waals surface area contributed by atoms with Crippen LogP contribution in [-0.2, 0) is 6.42 Å². The lowest BCUT2D eigenvalue weighted by Crippen LogP contribution is -2.29. The Balaban J connectivity index is 1.30. The number of allylic oxidation sites excluding steroid dienone is 2. The van der Waals surface area contributed by atoms with Crippen molar-refractivity contribution in [3.05, 3.63) is 107 Å². The smallest absolute Gasteiger partial charge is 0.119 e. The van der Waals surface area contributed by atoms with Gasteiger partial charge in [-0.2, -0.15) is 0 Å². The molecule has 3 unspecified atom stereocenters. The van der Waals surface area contributed by atoms with E-state index in [0.717, 1.165) is 31.6 Å². The molecule has 0 fully saturated rings. The van der Waals surface area contributed by atoms with Crippen molar-refractivity contribution in [3.63, 3.8) is 0 Å². The lowest BCUT2D eigenvalue weighted by Gasteiger charge is -2.37. The van der Waals surface area contributed by atoms with Crippen LogP contribution in [0.5, 0.6) is 5.75 Å². The largest absolute Gasteiger partial charge is 0.494 e. The Morgan fingerprint density at radius 3 is 2.73 bits per heavy atom. The number of anilines is 1. The van der Waals surface area contributed by atoms with E-state index in [1.165, 1.54) is 27.9 Å². The fraction of sp³-hybridized carbons (Fsp3) is 0.286. The quantitative estimate of drug-likeness (QED) is 0.365. The normalized spacial score (nSPS) is 21.6. The van der Waals surface area contributed by atoms with Crippen LogP contribution in [0.4, 0.5) is 5.69 Å². The molecule has 1 N–H and O–H groups in total. The molecule has 5 rings (SSSR count). The Morgan fingerprint density at radius 1 is 0.967 bits per heavy atom. The third-order valence-corrected chi connectivity index (χ3v) is 6.46. The maximum absolute atomic E-state index is 6.12. The highest BCUT2D eigenvalue weighted by molar-refractivity contribution is 5.61. The minimum atomic E-state index is 0.357. The lowest BCUT2D eigenvalue weighted by molar-refractivity contribution is 0.310. The molecule has 2 heteroatoms. The SMILES string of the molecule is Cc1cccc(C2Nc3ccc(OCCCc4ccccc4)cc3C3C=CCC32)c1. The third-order valence-electron chi connectivity index (χ3n) is 6.46. The van der Waals surface area contributed by atoms with Crippen molar-refractivity contribution < 1.29 is 4.74 Å². The van der Waals surface area contributed by atoms with Crippen molar-refractivity contribution in [2.45, 2.75) is 38.1 Å². The van der Waals surface area contributed by atoms with Crippen molar-refractivity contribution in [3.8, 4) is 5.75 Å². The van der Waals surface area contributed by atoms with Gasteiger partial charge in [0.05, 0.1) is 12.6 Å². The first-order valence-electron chi connectivity index (χ1n) is 11.1. The molecule has 3 atom stereocenters. The number of fused-ring (bicyclic) bond motifs is 3. The first-order valence-corrected chi connectivity index (χ1v) is 11.1. The Kier molecular flexibility index (Phi) is 5.31. The molecule has 0 aromatic heterocycles. The molecular formula is C28H29NO. The minimum absolute atomic E-state index is 0.357. The lowest BCUT2D eigenvalue weighted by atomic mass is 9.77. The molecule has 0 saturated carbocycles. The number of hydrogen-bond donors (Lipinski definition) is 1. The summed E-state index contributed by atoms with van der Waals surface area (Å²) in [6.45, 7) is 2.92. The van der Waals surface area contributed by atoms with Crippen LogP contribution >= 0.6 is 0 Å². The topological polar surface area (TPSA) is 21.3 Å². The van der Waals surface area contributed by atoms with E-state index >= 15 is 0 Å². The molecule has 1 aliphatic heterocycles. The molecule has 3 aromatic rings. The summed E-state index contributed by atoms with van der Waals surface area (Å²) in [6.07, 6.45) is 7.95. The van der Waals surface area contributed by atoms with Gasteiger partial charge in [-0.1, -0.05) is 72.3 Å². The average Bonchev–Trinajstić information content (AvgIpc) is 3.27. The predicted octanol–water partition coefficient (Wildman–Crippen LogP) is 6.83. The summed E-state index contributed by atoms with van der Waals surface area (Å²) >= 11 is 0. The van der Waals surface area contributed by atoms with Gasteiger partial charge in [0.15, 0.2) is 0 Å². The molecule has 1 aliphatic carbocycles. The Bertz CT molecular complexity index is 1040. The number of hydrogen-bond acceptors (Lipinski definition) is 2.